The van der Waals surface area contributed by atoms with E-state index in [-0.39, 0.29) is 0 Å². The third-order valence-corrected chi connectivity index (χ3v) is 3.56. The van der Waals surface area contributed by atoms with Gasteiger partial charge in [-0.25, -0.2) is 0 Å². The van der Waals surface area contributed by atoms with Crippen LogP contribution in [0, 0.1) is 0 Å². The first kappa shape index (κ1) is 11.9. The summed E-state index contributed by atoms with van der Waals surface area (Å²) in [6.07, 6.45) is 2.27. The Bertz CT molecular complexity index is 402. The first-order valence-electron chi connectivity index (χ1n) is 4.82. The first-order chi connectivity index (χ1) is 7.77. The van der Waals surface area contributed by atoms with Gasteiger partial charge in [0.05, 0.1) is 18.2 Å². The molecule has 0 aromatic heterocycles. The number of benzene rings is 1. The van der Waals surface area contributed by atoms with Crippen LogP contribution in [0.2, 0.25) is 5.02 Å². The molecule has 2 rings (SSSR count). The van der Waals surface area contributed by atoms with Crippen molar-refractivity contribution in [2.75, 3.05) is 19.5 Å². The Morgan fingerprint density at radius 2 is 2.12 bits per heavy atom. The van der Waals surface area contributed by atoms with Gasteiger partial charge in [-0.1, -0.05) is 11.6 Å². The molecule has 0 unspecified atom stereocenters. The fraction of sp³-hybridized carbons (Fsp3) is 0.364. The summed E-state index contributed by atoms with van der Waals surface area (Å²) < 4.78 is 10.9. The van der Waals surface area contributed by atoms with Gasteiger partial charge >= 0.3 is 0 Å². The highest BCUT2D eigenvalue weighted by atomic mass is 35.5. The van der Waals surface area contributed by atoms with E-state index in [1.54, 1.807) is 12.1 Å². The van der Waals surface area contributed by atoms with Gasteiger partial charge in [0.25, 0.3) is 0 Å². The number of carbonyl (C=O) groups excluding carboxylic acids is 1. The summed E-state index contributed by atoms with van der Waals surface area (Å²) >= 11 is 7.60. The predicted molar refractivity (Wildman–Crippen MR) is 63.3 cm³/mol. The lowest BCUT2D eigenvalue weighted by atomic mass is 10.1. The Hall–Kier alpha value is -0.550. The Morgan fingerprint density at radius 3 is 2.69 bits per heavy atom. The van der Waals surface area contributed by atoms with Crippen LogP contribution in [0.3, 0.4) is 0 Å². The van der Waals surface area contributed by atoms with E-state index in [0.717, 1.165) is 16.7 Å². The van der Waals surface area contributed by atoms with E-state index in [0.29, 0.717) is 23.8 Å². The average Bonchev–Trinajstić information content (AvgIpc) is 2.81. The highest BCUT2D eigenvalue weighted by molar-refractivity contribution is 7.98. The molecule has 0 spiro atoms. The molecule has 1 aromatic rings. The van der Waals surface area contributed by atoms with Gasteiger partial charge in [0, 0.05) is 16.0 Å². The lowest BCUT2D eigenvalue weighted by Gasteiger charge is -2.16. The van der Waals surface area contributed by atoms with E-state index >= 15 is 0 Å². The molecule has 0 atom stereocenters. The number of hydrogen-bond acceptors (Lipinski definition) is 4. The molecular weight excluding hydrogens is 248 g/mol. The summed E-state index contributed by atoms with van der Waals surface area (Å²) in [4.78, 5) is 11.8. The average molecular weight is 259 g/mol. The van der Waals surface area contributed by atoms with Crippen molar-refractivity contribution >= 4 is 29.6 Å². The molecule has 1 fully saturated rings. The van der Waals surface area contributed by atoms with Gasteiger partial charge in [-0.05, 0) is 18.4 Å². The molecule has 16 heavy (non-hydrogen) atoms. The molecule has 0 bridgehead atoms. The van der Waals surface area contributed by atoms with E-state index < -0.39 is 6.29 Å². The van der Waals surface area contributed by atoms with E-state index in [1.165, 1.54) is 11.8 Å². The third kappa shape index (κ3) is 2.11. The molecule has 1 aromatic carbocycles. The van der Waals surface area contributed by atoms with Gasteiger partial charge in [-0.2, -0.15) is 0 Å². The van der Waals surface area contributed by atoms with Crippen molar-refractivity contribution in [1.82, 2.24) is 0 Å². The largest absolute Gasteiger partial charge is 0.346 e. The summed E-state index contributed by atoms with van der Waals surface area (Å²) in [5.74, 6) is 0. The molecule has 0 N–H and O–H groups in total. The number of ether oxygens (including phenoxy) is 2. The fourth-order valence-electron chi connectivity index (χ4n) is 1.66. The van der Waals surface area contributed by atoms with Crippen molar-refractivity contribution in [2.24, 2.45) is 0 Å². The van der Waals surface area contributed by atoms with Crippen LogP contribution in [0.15, 0.2) is 17.0 Å². The van der Waals surface area contributed by atoms with E-state index in [2.05, 4.69) is 0 Å². The number of rotatable bonds is 3. The molecule has 3 nitrogen and oxygen atoms in total. The quantitative estimate of drug-likeness (QED) is 0.617. The normalized spacial score (nSPS) is 16.6. The number of halogens is 1. The molecular formula is C11H11ClO3S. The maximum atomic E-state index is 10.9. The smallest absolute Gasteiger partial charge is 0.186 e. The second kappa shape index (κ2) is 5.19. The monoisotopic (exact) mass is 258 g/mol. The minimum Gasteiger partial charge on any atom is -0.346 e. The molecule has 0 saturated carbocycles. The molecule has 86 valence electrons. The summed E-state index contributed by atoms with van der Waals surface area (Å²) in [6.45, 7) is 1.11. The highest BCUT2D eigenvalue weighted by Crippen LogP contribution is 2.38. The van der Waals surface area contributed by atoms with E-state index in [1.807, 2.05) is 6.26 Å². The van der Waals surface area contributed by atoms with Crippen molar-refractivity contribution in [2.45, 2.75) is 11.2 Å². The zero-order valence-corrected chi connectivity index (χ0v) is 10.3. The van der Waals surface area contributed by atoms with Crippen LogP contribution in [-0.4, -0.2) is 25.8 Å². The van der Waals surface area contributed by atoms with E-state index in [9.17, 15) is 4.79 Å². The Balaban J connectivity index is 2.51. The molecule has 1 saturated heterocycles. The summed E-state index contributed by atoms with van der Waals surface area (Å²) in [5, 5.41) is 0.571. The molecule has 0 amide bonds. The molecule has 0 aliphatic carbocycles. The van der Waals surface area contributed by atoms with Crippen molar-refractivity contribution in [3.8, 4) is 0 Å². The predicted octanol–water partition coefficient (Wildman–Crippen LogP) is 2.92. The van der Waals surface area contributed by atoms with E-state index in [4.69, 9.17) is 21.1 Å². The van der Waals surface area contributed by atoms with Crippen LogP contribution in [0.5, 0.6) is 0 Å². The fourth-order valence-corrected chi connectivity index (χ4v) is 2.74. The zero-order chi connectivity index (χ0) is 11.5. The first-order valence-corrected chi connectivity index (χ1v) is 6.43. The van der Waals surface area contributed by atoms with Crippen LogP contribution >= 0.6 is 23.4 Å². The van der Waals surface area contributed by atoms with Gasteiger partial charge < -0.3 is 9.47 Å². The van der Waals surface area contributed by atoms with Crippen molar-refractivity contribution in [1.29, 1.82) is 0 Å². The number of thioether (sulfide) groups is 1. The SMILES string of the molecule is CSc1c(C=O)ccc(Cl)c1C1OCCO1. The number of aldehydes is 1. The number of carbonyl (C=O) groups is 1. The summed E-state index contributed by atoms with van der Waals surface area (Å²) in [6, 6.07) is 3.41. The van der Waals surface area contributed by atoms with Gasteiger partial charge in [0.15, 0.2) is 12.6 Å². The Labute approximate surface area is 103 Å². The van der Waals surface area contributed by atoms with Gasteiger partial charge in [0.1, 0.15) is 0 Å². The molecule has 1 heterocycles. The van der Waals surface area contributed by atoms with Crippen LogP contribution in [0.4, 0.5) is 0 Å². The van der Waals surface area contributed by atoms with Gasteiger partial charge in [0.2, 0.25) is 0 Å². The molecule has 1 aliphatic heterocycles. The summed E-state index contributed by atoms with van der Waals surface area (Å²) in [5.41, 5.74) is 1.38. The topological polar surface area (TPSA) is 35.5 Å². The van der Waals surface area contributed by atoms with Crippen LogP contribution in [0.1, 0.15) is 22.2 Å². The lowest BCUT2D eigenvalue weighted by Crippen LogP contribution is -2.03. The maximum Gasteiger partial charge on any atom is 0.186 e. The van der Waals surface area contributed by atoms with Crippen molar-refractivity contribution < 1.29 is 14.3 Å². The minimum atomic E-state index is -0.449. The van der Waals surface area contributed by atoms with Crippen LogP contribution < -0.4 is 0 Å². The summed E-state index contributed by atoms with van der Waals surface area (Å²) in [7, 11) is 0. The standard InChI is InChI=1S/C11H11ClO3S/c1-16-10-7(6-13)2-3-8(12)9(10)11-14-4-5-15-11/h2-3,6,11H,4-5H2,1H3. The third-order valence-electron chi connectivity index (χ3n) is 2.36. The van der Waals surface area contributed by atoms with Crippen molar-refractivity contribution in [3.63, 3.8) is 0 Å². The Kier molecular flexibility index (Phi) is 3.86. The number of hydrogen-bond donors (Lipinski definition) is 0. The Morgan fingerprint density at radius 1 is 1.44 bits per heavy atom. The van der Waals surface area contributed by atoms with Crippen LogP contribution in [0.25, 0.3) is 0 Å². The zero-order valence-electron chi connectivity index (χ0n) is 8.73. The second-order valence-electron chi connectivity index (χ2n) is 3.27. The highest BCUT2D eigenvalue weighted by Gasteiger charge is 2.25. The van der Waals surface area contributed by atoms with Crippen molar-refractivity contribution in [3.05, 3.63) is 28.3 Å². The maximum absolute atomic E-state index is 10.9. The van der Waals surface area contributed by atoms with Gasteiger partial charge in [-0.3, -0.25) is 4.79 Å². The lowest BCUT2D eigenvalue weighted by molar-refractivity contribution is -0.0459. The molecule has 1 aliphatic rings. The minimum absolute atomic E-state index is 0.449. The second-order valence-corrected chi connectivity index (χ2v) is 4.50. The van der Waals surface area contributed by atoms with Gasteiger partial charge in [-0.15, -0.1) is 11.8 Å². The molecule has 5 heteroatoms. The molecule has 0 radical (unpaired) electrons. The van der Waals surface area contributed by atoms with Crippen LogP contribution in [-0.2, 0) is 9.47 Å².